The molecule has 0 unspecified atom stereocenters. The molecule has 164 valence electrons. The Bertz CT molecular complexity index is 1400. The summed E-state index contributed by atoms with van der Waals surface area (Å²) in [6.07, 6.45) is 0.312. The van der Waals surface area contributed by atoms with Crippen molar-refractivity contribution in [2.24, 2.45) is 0 Å². The van der Waals surface area contributed by atoms with Crippen LogP contribution in [-0.2, 0) is 0 Å². The predicted molar refractivity (Wildman–Crippen MR) is 117 cm³/mol. The Morgan fingerprint density at radius 3 is 2.45 bits per heavy atom. The molecule has 0 aliphatic carbocycles. The van der Waals surface area contributed by atoms with Crippen LogP contribution in [0.2, 0.25) is 0 Å². The molecule has 0 bridgehead atoms. The van der Waals surface area contributed by atoms with Crippen molar-refractivity contribution in [3.05, 3.63) is 79.3 Å². The lowest BCUT2D eigenvalue weighted by molar-refractivity contribution is -0.274. The number of rotatable bonds is 5. The first-order valence-electron chi connectivity index (χ1n) is 9.79. The molecule has 0 spiro atoms. The molecule has 0 aliphatic heterocycles. The Morgan fingerprint density at radius 2 is 1.70 bits per heavy atom. The topological polar surface area (TPSA) is 88.6 Å². The lowest BCUT2D eigenvalue weighted by atomic mass is 10.2. The van der Waals surface area contributed by atoms with Crippen molar-refractivity contribution in [1.82, 2.24) is 24.9 Å². The van der Waals surface area contributed by atoms with E-state index in [-0.39, 0.29) is 5.75 Å². The third-order valence-corrected chi connectivity index (χ3v) is 4.69. The van der Waals surface area contributed by atoms with E-state index < -0.39 is 6.36 Å². The van der Waals surface area contributed by atoms with Crippen LogP contribution in [0.3, 0.4) is 0 Å². The Morgan fingerprint density at radius 1 is 0.848 bits per heavy atom. The average molecular weight is 448 g/mol. The fourth-order valence-electron chi connectivity index (χ4n) is 3.25. The first kappa shape index (κ1) is 20.4. The number of imidazole rings is 1. The molecule has 10 heteroatoms. The van der Waals surface area contributed by atoms with Crippen LogP contribution in [-0.4, -0.2) is 31.3 Å². The number of anilines is 2. The number of aromatic amines is 1. The first-order chi connectivity index (χ1) is 15.9. The van der Waals surface area contributed by atoms with Crippen LogP contribution in [0, 0.1) is 0 Å². The van der Waals surface area contributed by atoms with Crippen molar-refractivity contribution < 1.29 is 17.9 Å². The largest absolute Gasteiger partial charge is 0.573 e. The second-order valence-electron chi connectivity index (χ2n) is 7.03. The van der Waals surface area contributed by atoms with E-state index in [4.69, 9.17) is 0 Å². The molecular formula is C23H15F3N6O. The number of hydrogen-bond donors (Lipinski definition) is 2. The predicted octanol–water partition coefficient (Wildman–Crippen LogP) is 5.72. The zero-order valence-electron chi connectivity index (χ0n) is 16.8. The Balaban J connectivity index is 1.36. The standard InChI is InChI=1S/C23H15F3N6O/c24-23(25,26)33-17-7-8-19-20(11-17)32-21(31-19)14-4-3-5-16(10-14)30-22-28-12-15(13-29-22)18-6-1-2-9-27-18/h1-13H,(H,31,32)(H,28,29,30). The molecule has 0 fully saturated rings. The number of pyridine rings is 1. The molecule has 0 radical (unpaired) electrons. The number of nitrogens with zero attached hydrogens (tertiary/aromatic N) is 4. The average Bonchev–Trinajstić information content (AvgIpc) is 3.23. The summed E-state index contributed by atoms with van der Waals surface area (Å²) in [6, 6.07) is 16.9. The number of aromatic nitrogens is 5. The van der Waals surface area contributed by atoms with Gasteiger partial charge in [0.2, 0.25) is 5.95 Å². The van der Waals surface area contributed by atoms with Gasteiger partial charge in [0.1, 0.15) is 11.6 Å². The highest BCUT2D eigenvalue weighted by Crippen LogP contribution is 2.28. The van der Waals surface area contributed by atoms with E-state index in [0.29, 0.717) is 22.8 Å². The highest BCUT2D eigenvalue weighted by Gasteiger charge is 2.31. The number of nitrogens with one attached hydrogen (secondary N) is 2. The van der Waals surface area contributed by atoms with E-state index in [1.807, 2.05) is 42.5 Å². The van der Waals surface area contributed by atoms with Crippen molar-refractivity contribution in [2.45, 2.75) is 6.36 Å². The Kier molecular flexibility index (Phi) is 5.09. The van der Waals surface area contributed by atoms with Gasteiger partial charge in [0.15, 0.2) is 0 Å². The maximum Gasteiger partial charge on any atom is 0.573 e. The van der Waals surface area contributed by atoms with Gasteiger partial charge in [-0.2, -0.15) is 0 Å². The van der Waals surface area contributed by atoms with Gasteiger partial charge in [-0.1, -0.05) is 18.2 Å². The minimum atomic E-state index is -4.76. The third-order valence-electron chi connectivity index (χ3n) is 4.69. The van der Waals surface area contributed by atoms with Crippen LogP contribution < -0.4 is 10.1 Å². The zero-order valence-corrected chi connectivity index (χ0v) is 16.8. The van der Waals surface area contributed by atoms with Crippen molar-refractivity contribution >= 4 is 22.7 Å². The zero-order chi connectivity index (χ0) is 22.8. The quantitative estimate of drug-likeness (QED) is 0.357. The number of ether oxygens (including phenoxy) is 1. The van der Waals surface area contributed by atoms with Crippen molar-refractivity contribution in [3.8, 4) is 28.4 Å². The van der Waals surface area contributed by atoms with Gasteiger partial charge in [0.25, 0.3) is 0 Å². The fraction of sp³-hybridized carbons (Fsp3) is 0.0435. The molecule has 0 atom stereocenters. The summed E-state index contributed by atoms with van der Waals surface area (Å²) in [6.45, 7) is 0. The van der Waals surface area contributed by atoms with Crippen LogP contribution in [0.5, 0.6) is 5.75 Å². The Labute approximate surface area is 185 Å². The second-order valence-corrected chi connectivity index (χ2v) is 7.03. The van der Waals surface area contributed by atoms with Crippen molar-refractivity contribution in [1.29, 1.82) is 0 Å². The first-order valence-corrected chi connectivity index (χ1v) is 9.79. The van der Waals surface area contributed by atoms with Crippen LogP contribution in [0.15, 0.2) is 79.3 Å². The SMILES string of the molecule is FC(F)(F)Oc1ccc2nc(-c3cccc(Nc4ncc(-c5ccccn5)cn4)c3)[nH]c2c1. The van der Waals surface area contributed by atoms with E-state index in [1.165, 1.54) is 18.2 Å². The highest BCUT2D eigenvalue weighted by atomic mass is 19.4. The summed E-state index contributed by atoms with van der Waals surface area (Å²) in [4.78, 5) is 20.4. The number of hydrogen-bond acceptors (Lipinski definition) is 6. The molecular weight excluding hydrogens is 433 g/mol. The van der Waals surface area contributed by atoms with Crippen LogP contribution in [0.4, 0.5) is 24.8 Å². The lowest BCUT2D eigenvalue weighted by Gasteiger charge is -2.07. The molecule has 0 aliphatic rings. The number of fused-ring (bicyclic) bond motifs is 1. The molecule has 0 saturated heterocycles. The molecule has 0 saturated carbocycles. The minimum Gasteiger partial charge on any atom is -0.406 e. The highest BCUT2D eigenvalue weighted by molar-refractivity contribution is 5.81. The summed E-state index contributed by atoms with van der Waals surface area (Å²) in [5, 5.41) is 3.13. The summed E-state index contributed by atoms with van der Waals surface area (Å²) in [5.41, 5.74) is 3.98. The molecule has 2 N–H and O–H groups in total. The van der Waals surface area contributed by atoms with Crippen LogP contribution in [0.1, 0.15) is 0 Å². The maximum atomic E-state index is 12.5. The second kappa shape index (κ2) is 8.23. The third kappa shape index (κ3) is 4.74. The van der Waals surface area contributed by atoms with E-state index in [0.717, 1.165) is 22.5 Å². The van der Waals surface area contributed by atoms with E-state index >= 15 is 0 Å². The summed E-state index contributed by atoms with van der Waals surface area (Å²) in [5.74, 6) is 0.599. The van der Waals surface area contributed by atoms with Gasteiger partial charge < -0.3 is 15.0 Å². The molecule has 3 heterocycles. The summed E-state index contributed by atoms with van der Waals surface area (Å²) < 4.78 is 41.4. The lowest BCUT2D eigenvalue weighted by Crippen LogP contribution is -2.16. The molecule has 3 aromatic heterocycles. The number of H-pyrrole nitrogens is 1. The number of alkyl halides is 3. The molecule has 2 aromatic carbocycles. The van der Waals surface area contributed by atoms with Gasteiger partial charge in [-0.3, -0.25) is 4.98 Å². The van der Waals surface area contributed by atoms with Crippen LogP contribution in [0.25, 0.3) is 33.7 Å². The maximum absolute atomic E-state index is 12.5. The van der Waals surface area contributed by atoms with Gasteiger partial charge >= 0.3 is 6.36 Å². The van der Waals surface area contributed by atoms with Gasteiger partial charge in [-0.05, 0) is 36.4 Å². The van der Waals surface area contributed by atoms with Crippen molar-refractivity contribution in [2.75, 3.05) is 5.32 Å². The van der Waals surface area contributed by atoms with Crippen LogP contribution >= 0.6 is 0 Å². The number of halogens is 3. The van der Waals surface area contributed by atoms with Crippen molar-refractivity contribution in [3.63, 3.8) is 0 Å². The van der Waals surface area contributed by atoms with E-state index in [1.54, 1.807) is 18.6 Å². The number of benzene rings is 2. The molecule has 33 heavy (non-hydrogen) atoms. The monoisotopic (exact) mass is 448 g/mol. The fourth-order valence-corrected chi connectivity index (χ4v) is 3.25. The smallest absolute Gasteiger partial charge is 0.406 e. The molecule has 5 aromatic rings. The normalized spacial score (nSPS) is 11.5. The van der Waals surface area contributed by atoms with Gasteiger partial charge in [0.05, 0.1) is 16.7 Å². The van der Waals surface area contributed by atoms with Gasteiger partial charge in [-0.15, -0.1) is 13.2 Å². The van der Waals surface area contributed by atoms with Gasteiger partial charge in [-0.25, -0.2) is 15.0 Å². The molecule has 7 nitrogen and oxygen atoms in total. The minimum absolute atomic E-state index is 0.313. The summed E-state index contributed by atoms with van der Waals surface area (Å²) >= 11 is 0. The Hall–Kier alpha value is -4.47. The summed E-state index contributed by atoms with van der Waals surface area (Å²) in [7, 11) is 0. The molecule has 0 amide bonds. The molecule has 5 rings (SSSR count). The van der Waals surface area contributed by atoms with Gasteiger partial charge in [0, 0.05) is 41.5 Å². The van der Waals surface area contributed by atoms with E-state index in [9.17, 15) is 13.2 Å². The van der Waals surface area contributed by atoms with E-state index in [2.05, 4.69) is 35.0 Å².